The molecule has 1 saturated heterocycles. The summed E-state index contributed by atoms with van der Waals surface area (Å²) >= 11 is 5.87. The summed E-state index contributed by atoms with van der Waals surface area (Å²) in [6, 6.07) is 14.6. The van der Waals surface area contributed by atoms with Gasteiger partial charge in [-0.05, 0) is 61.7 Å². The van der Waals surface area contributed by atoms with Crippen molar-refractivity contribution in [3.05, 3.63) is 59.1 Å². The van der Waals surface area contributed by atoms with E-state index in [1.165, 1.54) is 0 Å². The van der Waals surface area contributed by atoms with Crippen LogP contribution in [0.2, 0.25) is 5.02 Å². The zero-order valence-electron chi connectivity index (χ0n) is 17.1. The van der Waals surface area contributed by atoms with Crippen molar-refractivity contribution in [1.82, 2.24) is 10.2 Å². The molecule has 0 bridgehead atoms. The van der Waals surface area contributed by atoms with Crippen LogP contribution in [0, 0.1) is 0 Å². The van der Waals surface area contributed by atoms with Crippen LogP contribution >= 0.6 is 11.6 Å². The molecule has 1 aliphatic heterocycles. The zero-order chi connectivity index (χ0) is 21.3. The van der Waals surface area contributed by atoms with Gasteiger partial charge in [0.15, 0.2) is 6.61 Å². The Hall–Kier alpha value is -2.73. The van der Waals surface area contributed by atoms with Gasteiger partial charge in [0.25, 0.3) is 5.91 Å². The summed E-state index contributed by atoms with van der Waals surface area (Å²) in [6.07, 6.45) is 1.80. The number of rotatable bonds is 8. The van der Waals surface area contributed by atoms with E-state index in [1.54, 1.807) is 29.2 Å². The van der Waals surface area contributed by atoms with Gasteiger partial charge >= 0.3 is 0 Å². The number of amides is 2. The van der Waals surface area contributed by atoms with Crippen molar-refractivity contribution < 1.29 is 19.1 Å². The number of halogens is 1. The molecule has 0 aromatic heterocycles. The van der Waals surface area contributed by atoms with Gasteiger partial charge in [0.05, 0.1) is 13.0 Å². The second-order valence-corrected chi connectivity index (χ2v) is 7.66. The molecule has 0 spiro atoms. The van der Waals surface area contributed by atoms with E-state index in [1.807, 2.05) is 31.2 Å². The van der Waals surface area contributed by atoms with Gasteiger partial charge in [-0.3, -0.25) is 9.59 Å². The average molecular weight is 431 g/mol. The molecule has 1 fully saturated rings. The van der Waals surface area contributed by atoms with E-state index in [4.69, 9.17) is 21.1 Å². The number of carbonyl (C=O) groups is 2. The molecule has 2 aromatic rings. The Balaban J connectivity index is 1.37. The first kappa shape index (κ1) is 22.0. The van der Waals surface area contributed by atoms with Gasteiger partial charge in [-0.1, -0.05) is 23.7 Å². The maximum atomic E-state index is 12.4. The van der Waals surface area contributed by atoms with Crippen LogP contribution in [0.1, 0.15) is 25.3 Å². The van der Waals surface area contributed by atoms with Crippen LogP contribution in [0.3, 0.4) is 0 Å². The Bertz CT molecular complexity index is 831. The van der Waals surface area contributed by atoms with Crippen molar-refractivity contribution in [2.75, 3.05) is 26.3 Å². The first-order chi connectivity index (χ1) is 14.5. The molecular formula is C23H27ClN2O4. The fourth-order valence-corrected chi connectivity index (χ4v) is 3.50. The van der Waals surface area contributed by atoms with Gasteiger partial charge in [0.1, 0.15) is 11.5 Å². The van der Waals surface area contributed by atoms with Gasteiger partial charge in [-0.2, -0.15) is 0 Å². The quantitative estimate of drug-likeness (QED) is 0.696. The smallest absolute Gasteiger partial charge is 0.260 e. The predicted molar refractivity (Wildman–Crippen MR) is 116 cm³/mol. The van der Waals surface area contributed by atoms with Crippen LogP contribution in [-0.2, 0) is 16.0 Å². The zero-order valence-corrected chi connectivity index (χ0v) is 17.9. The van der Waals surface area contributed by atoms with Gasteiger partial charge in [0.2, 0.25) is 5.91 Å². The molecule has 0 atom stereocenters. The second-order valence-electron chi connectivity index (χ2n) is 7.22. The van der Waals surface area contributed by atoms with E-state index in [-0.39, 0.29) is 24.5 Å². The average Bonchev–Trinajstić information content (AvgIpc) is 2.75. The molecule has 0 aliphatic carbocycles. The van der Waals surface area contributed by atoms with Gasteiger partial charge in [-0.15, -0.1) is 0 Å². The van der Waals surface area contributed by atoms with Gasteiger partial charge in [-0.25, -0.2) is 0 Å². The summed E-state index contributed by atoms with van der Waals surface area (Å²) in [6.45, 7) is 3.75. The van der Waals surface area contributed by atoms with E-state index in [2.05, 4.69) is 5.32 Å². The van der Waals surface area contributed by atoms with E-state index in [9.17, 15) is 9.59 Å². The molecule has 0 radical (unpaired) electrons. The molecule has 30 heavy (non-hydrogen) atoms. The number of hydrogen-bond donors (Lipinski definition) is 1. The summed E-state index contributed by atoms with van der Waals surface area (Å²) in [5, 5.41) is 3.72. The highest BCUT2D eigenvalue weighted by atomic mass is 35.5. The third-order valence-electron chi connectivity index (χ3n) is 4.99. The topological polar surface area (TPSA) is 67.9 Å². The second kappa shape index (κ2) is 10.9. The number of benzene rings is 2. The third-order valence-corrected chi connectivity index (χ3v) is 5.24. The fourth-order valence-electron chi connectivity index (χ4n) is 3.37. The van der Waals surface area contributed by atoms with Crippen molar-refractivity contribution in [2.45, 2.75) is 32.2 Å². The number of likely N-dealkylation sites (tertiary alicyclic amines) is 1. The molecule has 160 valence electrons. The van der Waals surface area contributed by atoms with Gasteiger partial charge < -0.3 is 19.7 Å². The Morgan fingerprint density at radius 3 is 2.20 bits per heavy atom. The van der Waals surface area contributed by atoms with Crippen LogP contribution in [-0.4, -0.2) is 49.1 Å². The van der Waals surface area contributed by atoms with Crippen molar-refractivity contribution in [2.24, 2.45) is 0 Å². The third kappa shape index (κ3) is 6.66. The maximum Gasteiger partial charge on any atom is 0.260 e. The monoisotopic (exact) mass is 430 g/mol. The lowest BCUT2D eigenvalue weighted by molar-refractivity contribution is -0.134. The molecule has 2 aromatic carbocycles. The first-order valence-electron chi connectivity index (χ1n) is 10.2. The molecule has 0 saturated carbocycles. The molecule has 1 heterocycles. The standard InChI is InChI=1S/C23H27ClN2O4/c1-2-29-20-7-9-21(10-8-20)30-16-23(28)26-13-11-19(12-14-26)25-22(27)15-17-3-5-18(24)6-4-17/h3-10,19H,2,11-16H2,1H3,(H,25,27). The molecule has 2 amide bonds. The normalized spacial score (nSPS) is 14.3. The number of carbonyl (C=O) groups excluding carboxylic acids is 2. The minimum atomic E-state index is -0.0465. The highest BCUT2D eigenvalue weighted by Gasteiger charge is 2.24. The van der Waals surface area contributed by atoms with Gasteiger partial charge in [0, 0.05) is 24.2 Å². The lowest BCUT2D eigenvalue weighted by Crippen LogP contribution is -2.48. The number of piperidine rings is 1. The Kier molecular flexibility index (Phi) is 7.97. The SMILES string of the molecule is CCOc1ccc(OCC(=O)N2CCC(NC(=O)Cc3ccc(Cl)cc3)CC2)cc1. The van der Waals surface area contributed by atoms with Crippen LogP contribution in [0.4, 0.5) is 0 Å². The van der Waals surface area contributed by atoms with Crippen molar-refractivity contribution >= 4 is 23.4 Å². The van der Waals surface area contributed by atoms with Crippen LogP contribution < -0.4 is 14.8 Å². The summed E-state index contributed by atoms with van der Waals surface area (Å²) < 4.78 is 11.0. The Morgan fingerprint density at radius 1 is 1.00 bits per heavy atom. The maximum absolute atomic E-state index is 12.4. The number of nitrogens with zero attached hydrogens (tertiary/aromatic N) is 1. The molecule has 3 rings (SSSR count). The highest BCUT2D eigenvalue weighted by Crippen LogP contribution is 2.18. The number of ether oxygens (including phenoxy) is 2. The summed E-state index contributed by atoms with van der Waals surface area (Å²) in [7, 11) is 0. The summed E-state index contributed by atoms with van der Waals surface area (Å²) in [4.78, 5) is 26.5. The molecule has 1 N–H and O–H groups in total. The van der Waals surface area contributed by atoms with Crippen molar-refractivity contribution in [3.8, 4) is 11.5 Å². The summed E-state index contributed by atoms with van der Waals surface area (Å²) in [5.41, 5.74) is 0.927. The van der Waals surface area contributed by atoms with E-state index in [0.29, 0.717) is 36.9 Å². The Labute approximate surface area is 182 Å². The van der Waals surface area contributed by atoms with Crippen LogP contribution in [0.5, 0.6) is 11.5 Å². The van der Waals surface area contributed by atoms with E-state index in [0.717, 1.165) is 24.2 Å². The van der Waals surface area contributed by atoms with Crippen molar-refractivity contribution in [1.29, 1.82) is 0 Å². The van der Waals surface area contributed by atoms with Crippen LogP contribution in [0.25, 0.3) is 0 Å². The molecule has 6 nitrogen and oxygen atoms in total. The van der Waals surface area contributed by atoms with E-state index >= 15 is 0 Å². The molecular weight excluding hydrogens is 404 g/mol. The first-order valence-corrected chi connectivity index (χ1v) is 10.6. The number of hydrogen-bond acceptors (Lipinski definition) is 4. The summed E-state index contributed by atoms with van der Waals surface area (Å²) in [5.74, 6) is 1.35. The lowest BCUT2D eigenvalue weighted by atomic mass is 10.0. The largest absolute Gasteiger partial charge is 0.494 e. The molecule has 0 unspecified atom stereocenters. The predicted octanol–water partition coefficient (Wildman–Crippen LogP) is 3.47. The van der Waals surface area contributed by atoms with E-state index < -0.39 is 0 Å². The Morgan fingerprint density at radius 2 is 1.60 bits per heavy atom. The molecule has 7 heteroatoms. The van der Waals surface area contributed by atoms with Crippen molar-refractivity contribution in [3.63, 3.8) is 0 Å². The fraction of sp³-hybridized carbons (Fsp3) is 0.391. The minimum Gasteiger partial charge on any atom is -0.494 e. The van der Waals surface area contributed by atoms with Crippen LogP contribution in [0.15, 0.2) is 48.5 Å². The highest BCUT2D eigenvalue weighted by molar-refractivity contribution is 6.30. The molecule has 1 aliphatic rings. The minimum absolute atomic E-state index is 0.00156. The number of nitrogens with one attached hydrogen (secondary N) is 1. The lowest BCUT2D eigenvalue weighted by Gasteiger charge is -2.32.